The number of amides is 3. The molecule has 1 aliphatic heterocycles. The van der Waals surface area contributed by atoms with Gasteiger partial charge in [0.05, 0.1) is 18.6 Å². The third-order valence-corrected chi connectivity index (χ3v) is 6.76. The van der Waals surface area contributed by atoms with Gasteiger partial charge in [-0.1, -0.05) is 0 Å². The number of urea groups is 1. The number of aromatic amines is 1. The number of methoxy groups -OCH3 is 1. The van der Waals surface area contributed by atoms with Crippen LogP contribution in [0.5, 0.6) is 5.75 Å². The first-order valence-electron chi connectivity index (χ1n) is 12.2. The fourth-order valence-corrected chi connectivity index (χ4v) is 4.85. The molecule has 5 rings (SSSR count). The maximum Gasteiger partial charge on any atom is 0.323 e. The number of carboxylic acids is 1. The van der Waals surface area contributed by atoms with Crippen molar-refractivity contribution in [1.82, 2.24) is 4.98 Å². The van der Waals surface area contributed by atoms with E-state index >= 15 is 0 Å². The Morgan fingerprint density at radius 1 is 1.05 bits per heavy atom. The number of benzene rings is 2. The van der Waals surface area contributed by atoms with Crippen molar-refractivity contribution in [3.63, 3.8) is 0 Å². The van der Waals surface area contributed by atoms with E-state index < -0.39 is 17.9 Å². The van der Waals surface area contributed by atoms with E-state index in [2.05, 4.69) is 20.9 Å². The highest BCUT2D eigenvalue weighted by atomic mass is 16.5. The van der Waals surface area contributed by atoms with Crippen LogP contribution in [0.3, 0.4) is 0 Å². The molecule has 3 aromatic rings. The zero-order chi connectivity index (χ0) is 27.0. The van der Waals surface area contributed by atoms with Gasteiger partial charge in [-0.05, 0) is 68.3 Å². The quantitative estimate of drug-likeness (QED) is 0.296. The van der Waals surface area contributed by atoms with Crippen molar-refractivity contribution in [3.05, 3.63) is 70.5 Å². The van der Waals surface area contributed by atoms with Crippen LogP contribution < -0.4 is 20.7 Å². The number of hydrogen-bond donors (Lipinski definition) is 5. The van der Waals surface area contributed by atoms with E-state index in [1.807, 2.05) is 0 Å². The lowest BCUT2D eigenvalue weighted by atomic mass is 9.87. The van der Waals surface area contributed by atoms with Crippen molar-refractivity contribution in [2.24, 2.45) is 0 Å². The molecule has 1 aliphatic carbocycles. The Morgan fingerprint density at radius 3 is 2.47 bits per heavy atom. The maximum absolute atomic E-state index is 12.9. The third kappa shape index (κ3) is 4.63. The van der Waals surface area contributed by atoms with Crippen molar-refractivity contribution in [1.29, 1.82) is 0 Å². The second-order valence-corrected chi connectivity index (χ2v) is 9.22. The molecule has 10 heteroatoms. The summed E-state index contributed by atoms with van der Waals surface area (Å²) in [6, 6.07) is 11.4. The smallest absolute Gasteiger partial charge is 0.323 e. The van der Waals surface area contributed by atoms with Crippen LogP contribution in [0.4, 0.5) is 21.9 Å². The average molecular weight is 515 g/mol. The third-order valence-electron chi connectivity index (χ3n) is 6.76. The summed E-state index contributed by atoms with van der Waals surface area (Å²) in [5.74, 6) is -1.80. The summed E-state index contributed by atoms with van der Waals surface area (Å²) >= 11 is 0. The van der Waals surface area contributed by atoms with Gasteiger partial charge in [-0.25, -0.2) is 4.79 Å². The Kier molecular flexibility index (Phi) is 6.46. The summed E-state index contributed by atoms with van der Waals surface area (Å²) < 4.78 is 5.12. The van der Waals surface area contributed by atoms with Gasteiger partial charge in [0.2, 0.25) is 0 Å². The standard InChI is InChI=1S/C28H26N4O6/c1-14(27(35)36)24-22(31-21-4-3-5-23(33)25(21)24)13-19-18-12-16(8-11-20(18)32-26(19)34)30-28(37)29-15-6-9-17(38-2)10-7-15/h6-14,31H,3-5H2,1-2H3,(H,32,34)(H,35,36)(H2,29,30,37)/b19-13-. The highest BCUT2D eigenvalue weighted by Crippen LogP contribution is 2.38. The van der Waals surface area contributed by atoms with E-state index in [-0.39, 0.29) is 11.7 Å². The van der Waals surface area contributed by atoms with Crippen molar-refractivity contribution in [3.8, 4) is 5.75 Å². The highest BCUT2D eigenvalue weighted by Gasteiger charge is 2.32. The van der Waals surface area contributed by atoms with Gasteiger partial charge in [0.1, 0.15) is 5.75 Å². The number of H-pyrrole nitrogens is 1. The van der Waals surface area contributed by atoms with Crippen molar-refractivity contribution in [2.75, 3.05) is 23.1 Å². The number of fused-ring (bicyclic) bond motifs is 2. The number of carbonyl (C=O) groups excluding carboxylic acids is 3. The van der Waals surface area contributed by atoms with Crippen molar-refractivity contribution in [2.45, 2.75) is 32.1 Å². The first kappa shape index (κ1) is 24.8. The van der Waals surface area contributed by atoms with E-state index in [9.17, 15) is 24.3 Å². The molecule has 0 saturated heterocycles. The van der Waals surface area contributed by atoms with Gasteiger partial charge < -0.3 is 30.8 Å². The highest BCUT2D eigenvalue weighted by molar-refractivity contribution is 6.35. The van der Waals surface area contributed by atoms with E-state index in [4.69, 9.17) is 4.74 Å². The molecule has 38 heavy (non-hydrogen) atoms. The van der Waals surface area contributed by atoms with Crippen LogP contribution in [-0.4, -0.2) is 40.9 Å². The Labute approximate surface area is 218 Å². The van der Waals surface area contributed by atoms with Crippen LogP contribution in [-0.2, 0) is 16.0 Å². The van der Waals surface area contributed by atoms with Gasteiger partial charge in [-0.15, -0.1) is 0 Å². The number of aromatic nitrogens is 1. The summed E-state index contributed by atoms with van der Waals surface area (Å²) in [5, 5.41) is 18.0. The molecule has 2 heterocycles. The first-order chi connectivity index (χ1) is 18.2. The average Bonchev–Trinajstić information content (AvgIpc) is 3.41. The fourth-order valence-electron chi connectivity index (χ4n) is 4.85. The Bertz CT molecular complexity index is 1500. The number of carboxylic acid groups (broad SMARTS) is 1. The number of ether oxygens (including phenoxy) is 1. The largest absolute Gasteiger partial charge is 0.497 e. The van der Waals surface area contributed by atoms with Crippen LogP contribution in [0.25, 0.3) is 11.6 Å². The first-order valence-corrected chi connectivity index (χ1v) is 12.2. The molecule has 2 aromatic carbocycles. The van der Waals surface area contributed by atoms with Crippen molar-refractivity contribution >= 4 is 52.4 Å². The van der Waals surface area contributed by atoms with Gasteiger partial charge in [-0.2, -0.15) is 0 Å². The number of Topliss-reactive ketones (excluding diaryl/α,β-unsaturated/α-hetero) is 1. The number of rotatable bonds is 6. The normalized spacial score (nSPS) is 15.9. The minimum atomic E-state index is -1.06. The number of hydrogen-bond acceptors (Lipinski definition) is 5. The van der Waals surface area contributed by atoms with E-state index in [0.29, 0.717) is 75.7 Å². The molecule has 3 amide bonds. The zero-order valence-electron chi connectivity index (χ0n) is 20.8. The zero-order valence-corrected chi connectivity index (χ0v) is 20.8. The topological polar surface area (TPSA) is 150 Å². The second kappa shape index (κ2) is 9.89. The Hall–Kier alpha value is -4.86. The summed E-state index contributed by atoms with van der Waals surface area (Å²) in [4.78, 5) is 53.2. The van der Waals surface area contributed by atoms with Crippen LogP contribution in [0, 0.1) is 0 Å². The minimum absolute atomic E-state index is 0.0964. The summed E-state index contributed by atoms with van der Waals surface area (Å²) in [5.41, 5.74) is 4.36. The molecule has 2 aliphatic rings. The molecule has 0 radical (unpaired) electrons. The molecule has 10 nitrogen and oxygen atoms in total. The predicted octanol–water partition coefficient (Wildman–Crippen LogP) is 4.87. The maximum atomic E-state index is 12.9. The lowest BCUT2D eigenvalue weighted by Crippen LogP contribution is -2.19. The summed E-state index contributed by atoms with van der Waals surface area (Å²) in [6.07, 6.45) is 3.25. The lowest BCUT2D eigenvalue weighted by molar-refractivity contribution is -0.138. The summed E-state index contributed by atoms with van der Waals surface area (Å²) in [6.45, 7) is 1.53. The van der Waals surface area contributed by atoms with Crippen molar-refractivity contribution < 1.29 is 29.0 Å². The van der Waals surface area contributed by atoms with Crippen LogP contribution in [0.2, 0.25) is 0 Å². The van der Waals surface area contributed by atoms with Crippen LogP contribution in [0.1, 0.15) is 58.6 Å². The van der Waals surface area contributed by atoms with Gasteiger partial charge in [0, 0.05) is 51.6 Å². The number of aliphatic carboxylic acids is 1. The minimum Gasteiger partial charge on any atom is -0.497 e. The molecule has 194 valence electrons. The Morgan fingerprint density at radius 2 is 1.76 bits per heavy atom. The van der Waals surface area contributed by atoms with Crippen LogP contribution in [0.15, 0.2) is 42.5 Å². The SMILES string of the molecule is COc1ccc(NC(=O)Nc2ccc3c(c2)/C(=C/c2[nH]c4c(c2C(C)C(=O)O)C(=O)CCC4)C(=O)N3)cc1. The monoisotopic (exact) mass is 514 g/mol. The number of ketones is 1. The van der Waals surface area contributed by atoms with Gasteiger partial charge in [-0.3, -0.25) is 14.4 Å². The number of carbonyl (C=O) groups is 4. The summed E-state index contributed by atoms with van der Waals surface area (Å²) in [7, 11) is 1.56. The van der Waals surface area contributed by atoms with Gasteiger partial charge in [0.25, 0.3) is 5.91 Å². The van der Waals surface area contributed by atoms with Gasteiger partial charge >= 0.3 is 12.0 Å². The number of nitrogens with one attached hydrogen (secondary N) is 4. The van der Waals surface area contributed by atoms with E-state index in [0.717, 1.165) is 0 Å². The second-order valence-electron chi connectivity index (χ2n) is 9.22. The van der Waals surface area contributed by atoms with E-state index in [1.165, 1.54) is 6.92 Å². The van der Waals surface area contributed by atoms with Gasteiger partial charge in [0.15, 0.2) is 5.78 Å². The number of aryl methyl sites for hydroxylation is 1. The fraction of sp³-hybridized carbons (Fsp3) is 0.214. The van der Waals surface area contributed by atoms with E-state index in [1.54, 1.807) is 55.7 Å². The molecule has 0 spiro atoms. The predicted molar refractivity (Wildman–Crippen MR) is 143 cm³/mol. The molecule has 1 atom stereocenters. The molecule has 0 fully saturated rings. The number of anilines is 3. The lowest BCUT2D eigenvalue weighted by Gasteiger charge is -2.14. The Balaban J connectivity index is 1.46. The molecule has 1 aromatic heterocycles. The molecule has 0 saturated carbocycles. The molecule has 0 bridgehead atoms. The van der Waals surface area contributed by atoms with Crippen LogP contribution >= 0.6 is 0 Å². The molecule has 5 N–H and O–H groups in total. The molecular formula is C28H26N4O6. The molecular weight excluding hydrogens is 488 g/mol. The molecule has 1 unspecified atom stereocenters.